The van der Waals surface area contributed by atoms with Crippen LogP contribution in [-0.4, -0.2) is 6.10 Å². The topological polar surface area (TPSA) is 35.2 Å². The maximum Gasteiger partial charge on any atom is 0.124 e. The van der Waals surface area contributed by atoms with Gasteiger partial charge >= 0.3 is 0 Å². The van der Waals surface area contributed by atoms with Gasteiger partial charge in [-0.05, 0) is 50.3 Å². The second-order valence-corrected chi connectivity index (χ2v) is 5.67. The Morgan fingerprint density at radius 2 is 1.89 bits per heavy atom. The van der Waals surface area contributed by atoms with Crippen LogP contribution >= 0.6 is 0 Å². The number of nitrogens with two attached hydrogens (primary N) is 1. The number of benzene rings is 1. The summed E-state index contributed by atoms with van der Waals surface area (Å²) in [6.45, 7) is 0. The molecule has 18 heavy (non-hydrogen) atoms. The quantitative estimate of drug-likeness (QED) is 0.890. The third-order valence-electron chi connectivity index (χ3n) is 4.32. The standard InChI is InChI=1S/C15H20FNO/c16-11-6-7-14(18-12-4-3-5-12)13(10-11)15(17)8-1-2-9-15/h6-7,10,12H,1-5,8-9,17H2. The molecule has 2 fully saturated rings. The van der Waals surface area contributed by atoms with Crippen LogP contribution in [0, 0.1) is 5.82 Å². The van der Waals surface area contributed by atoms with E-state index in [0.717, 1.165) is 49.8 Å². The van der Waals surface area contributed by atoms with Crippen molar-refractivity contribution in [3.05, 3.63) is 29.6 Å². The number of hydrogen-bond donors (Lipinski definition) is 1. The van der Waals surface area contributed by atoms with E-state index in [0.29, 0.717) is 6.10 Å². The van der Waals surface area contributed by atoms with Gasteiger partial charge in [-0.25, -0.2) is 4.39 Å². The van der Waals surface area contributed by atoms with Crippen LogP contribution in [0.4, 0.5) is 4.39 Å². The molecule has 0 aromatic heterocycles. The first kappa shape index (κ1) is 12.0. The van der Waals surface area contributed by atoms with E-state index in [4.69, 9.17) is 10.5 Å². The van der Waals surface area contributed by atoms with E-state index in [9.17, 15) is 4.39 Å². The molecule has 0 radical (unpaired) electrons. The molecule has 2 aliphatic carbocycles. The lowest BCUT2D eigenvalue weighted by molar-refractivity contribution is 0.117. The molecular weight excluding hydrogens is 229 g/mol. The van der Waals surface area contributed by atoms with Gasteiger partial charge in [0.05, 0.1) is 6.10 Å². The Kier molecular flexibility index (Phi) is 3.02. The number of halogens is 1. The number of ether oxygens (including phenoxy) is 1. The van der Waals surface area contributed by atoms with E-state index in [1.807, 2.05) is 0 Å². The summed E-state index contributed by atoms with van der Waals surface area (Å²) in [7, 11) is 0. The molecule has 98 valence electrons. The number of rotatable bonds is 3. The molecular formula is C15H20FNO. The summed E-state index contributed by atoms with van der Waals surface area (Å²) in [5.74, 6) is 0.577. The van der Waals surface area contributed by atoms with Crippen LogP contribution in [0.15, 0.2) is 18.2 Å². The highest BCUT2D eigenvalue weighted by molar-refractivity contribution is 5.40. The molecule has 0 amide bonds. The molecule has 2 saturated carbocycles. The fraction of sp³-hybridized carbons (Fsp3) is 0.600. The lowest BCUT2D eigenvalue weighted by atomic mass is 9.88. The predicted molar refractivity (Wildman–Crippen MR) is 69.0 cm³/mol. The number of hydrogen-bond acceptors (Lipinski definition) is 2. The Morgan fingerprint density at radius 1 is 1.17 bits per heavy atom. The molecule has 0 bridgehead atoms. The van der Waals surface area contributed by atoms with Gasteiger partial charge in [0.15, 0.2) is 0 Å². The summed E-state index contributed by atoms with van der Waals surface area (Å²) in [6, 6.07) is 4.78. The van der Waals surface area contributed by atoms with Gasteiger partial charge in [0.25, 0.3) is 0 Å². The van der Waals surface area contributed by atoms with E-state index < -0.39 is 0 Å². The van der Waals surface area contributed by atoms with E-state index in [-0.39, 0.29) is 11.4 Å². The van der Waals surface area contributed by atoms with Crippen LogP contribution in [0.3, 0.4) is 0 Å². The van der Waals surface area contributed by atoms with Crippen molar-refractivity contribution in [1.29, 1.82) is 0 Å². The van der Waals surface area contributed by atoms with E-state index in [2.05, 4.69) is 0 Å². The van der Waals surface area contributed by atoms with Crippen molar-refractivity contribution in [2.24, 2.45) is 5.73 Å². The highest BCUT2D eigenvalue weighted by Crippen LogP contribution is 2.41. The van der Waals surface area contributed by atoms with Crippen molar-refractivity contribution in [3.63, 3.8) is 0 Å². The van der Waals surface area contributed by atoms with Gasteiger partial charge in [0, 0.05) is 11.1 Å². The first-order valence-corrected chi connectivity index (χ1v) is 6.93. The van der Waals surface area contributed by atoms with Crippen molar-refractivity contribution in [3.8, 4) is 5.75 Å². The zero-order valence-electron chi connectivity index (χ0n) is 10.6. The average molecular weight is 249 g/mol. The molecule has 2 nitrogen and oxygen atoms in total. The van der Waals surface area contributed by atoms with Crippen LogP contribution < -0.4 is 10.5 Å². The van der Waals surface area contributed by atoms with Crippen LogP contribution in [0.25, 0.3) is 0 Å². The molecule has 3 heteroatoms. The van der Waals surface area contributed by atoms with E-state index >= 15 is 0 Å². The normalized spacial score (nSPS) is 22.8. The predicted octanol–water partition coefficient (Wildman–Crippen LogP) is 3.49. The van der Waals surface area contributed by atoms with Crippen LogP contribution in [0.2, 0.25) is 0 Å². The largest absolute Gasteiger partial charge is 0.490 e. The van der Waals surface area contributed by atoms with Crippen molar-refractivity contribution >= 4 is 0 Å². The third kappa shape index (κ3) is 2.12. The Balaban J connectivity index is 1.91. The zero-order chi connectivity index (χ0) is 12.6. The Labute approximate surface area is 107 Å². The minimum Gasteiger partial charge on any atom is -0.490 e. The van der Waals surface area contributed by atoms with Gasteiger partial charge in [-0.2, -0.15) is 0 Å². The maximum atomic E-state index is 13.5. The molecule has 0 spiro atoms. The monoisotopic (exact) mass is 249 g/mol. The molecule has 0 atom stereocenters. The Hall–Kier alpha value is -1.09. The van der Waals surface area contributed by atoms with Crippen molar-refractivity contribution < 1.29 is 9.13 Å². The van der Waals surface area contributed by atoms with Crippen molar-refractivity contribution in [2.75, 3.05) is 0 Å². The summed E-state index contributed by atoms with van der Waals surface area (Å²) >= 11 is 0. The highest BCUT2D eigenvalue weighted by atomic mass is 19.1. The van der Waals surface area contributed by atoms with Crippen LogP contribution in [-0.2, 0) is 5.54 Å². The first-order valence-electron chi connectivity index (χ1n) is 6.93. The summed E-state index contributed by atoms with van der Waals surface area (Å²) in [5, 5.41) is 0. The lowest BCUT2D eigenvalue weighted by Gasteiger charge is -2.31. The minimum absolute atomic E-state index is 0.220. The SMILES string of the molecule is NC1(c2cc(F)ccc2OC2CCC2)CCCC1. The van der Waals surface area contributed by atoms with E-state index in [1.54, 1.807) is 12.1 Å². The zero-order valence-corrected chi connectivity index (χ0v) is 10.6. The van der Waals surface area contributed by atoms with Gasteiger partial charge in [0.1, 0.15) is 11.6 Å². The lowest BCUT2D eigenvalue weighted by Crippen LogP contribution is -2.35. The molecule has 2 N–H and O–H groups in total. The highest BCUT2D eigenvalue weighted by Gasteiger charge is 2.35. The molecule has 2 aliphatic rings. The maximum absolute atomic E-state index is 13.5. The molecule has 3 rings (SSSR count). The Morgan fingerprint density at radius 3 is 2.50 bits per heavy atom. The second kappa shape index (κ2) is 4.54. The molecule has 0 heterocycles. The first-order chi connectivity index (χ1) is 8.67. The van der Waals surface area contributed by atoms with Gasteiger partial charge in [-0.1, -0.05) is 12.8 Å². The smallest absolute Gasteiger partial charge is 0.124 e. The van der Waals surface area contributed by atoms with Crippen molar-refractivity contribution in [2.45, 2.75) is 56.6 Å². The third-order valence-corrected chi connectivity index (χ3v) is 4.32. The second-order valence-electron chi connectivity index (χ2n) is 5.67. The molecule has 0 aliphatic heterocycles. The van der Waals surface area contributed by atoms with Crippen LogP contribution in [0.1, 0.15) is 50.5 Å². The molecule has 1 aromatic carbocycles. The molecule has 0 unspecified atom stereocenters. The summed E-state index contributed by atoms with van der Waals surface area (Å²) in [5.41, 5.74) is 6.92. The fourth-order valence-electron chi connectivity index (χ4n) is 2.94. The average Bonchev–Trinajstić information content (AvgIpc) is 2.73. The van der Waals surface area contributed by atoms with Gasteiger partial charge in [0.2, 0.25) is 0 Å². The summed E-state index contributed by atoms with van der Waals surface area (Å²) < 4.78 is 19.5. The summed E-state index contributed by atoms with van der Waals surface area (Å²) in [6.07, 6.45) is 7.84. The Bertz CT molecular complexity index is 436. The van der Waals surface area contributed by atoms with Gasteiger partial charge < -0.3 is 10.5 Å². The van der Waals surface area contributed by atoms with Gasteiger partial charge in [-0.3, -0.25) is 0 Å². The molecule has 0 saturated heterocycles. The van der Waals surface area contributed by atoms with Gasteiger partial charge in [-0.15, -0.1) is 0 Å². The fourth-order valence-corrected chi connectivity index (χ4v) is 2.94. The summed E-state index contributed by atoms with van der Waals surface area (Å²) in [4.78, 5) is 0. The minimum atomic E-state index is -0.388. The molecule has 1 aromatic rings. The van der Waals surface area contributed by atoms with Crippen LogP contribution in [0.5, 0.6) is 5.75 Å². The van der Waals surface area contributed by atoms with Crippen molar-refractivity contribution in [1.82, 2.24) is 0 Å². The van der Waals surface area contributed by atoms with E-state index in [1.165, 1.54) is 12.5 Å².